The van der Waals surface area contributed by atoms with Gasteiger partial charge in [0.25, 0.3) is 0 Å². The molecule has 0 spiro atoms. The van der Waals surface area contributed by atoms with E-state index in [1.54, 1.807) is 0 Å². The van der Waals surface area contributed by atoms with Gasteiger partial charge >= 0.3 is 0 Å². The molecule has 0 aliphatic heterocycles. The van der Waals surface area contributed by atoms with Gasteiger partial charge in [0.1, 0.15) is 0 Å². The molecule has 2 unspecified atom stereocenters. The summed E-state index contributed by atoms with van der Waals surface area (Å²) in [5.74, 6) is 0.951. The molecule has 1 aromatic carbocycles. The van der Waals surface area contributed by atoms with E-state index >= 15 is 0 Å². The Morgan fingerprint density at radius 2 is 2.00 bits per heavy atom. The Morgan fingerprint density at radius 3 is 2.75 bits per heavy atom. The standard InChI is InChI=1S/C18H28N2/c1-2-12-20(13-14-10-11-14)17-9-5-7-15-6-3-4-8-16(15)18(17)19/h3-4,6,8,14,17-18H,2,5,7,9-13,19H2,1H3. The quantitative estimate of drug-likeness (QED) is 0.831. The summed E-state index contributed by atoms with van der Waals surface area (Å²) in [5, 5.41) is 0. The number of benzene rings is 1. The molecule has 20 heavy (non-hydrogen) atoms. The second-order valence-corrected chi connectivity index (χ2v) is 6.62. The molecule has 110 valence electrons. The average molecular weight is 272 g/mol. The molecule has 2 aliphatic carbocycles. The van der Waals surface area contributed by atoms with Crippen molar-refractivity contribution in [3.63, 3.8) is 0 Å². The highest BCUT2D eigenvalue weighted by molar-refractivity contribution is 5.32. The van der Waals surface area contributed by atoms with Crippen LogP contribution in [0.15, 0.2) is 24.3 Å². The fourth-order valence-corrected chi connectivity index (χ4v) is 3.70. The zero-order valence-electron chi connectivity index (χ0n) is 12.7. The molecule has 1 aromatic rings. The van der Waals surface area contributed by atoms with Crippen LogP contribution in [0.2, 0.25) is 0 Å². The zero-order valence-corrected chi connectivity index (χ0v) is 12.7. The molecule has 2 heteroatoms. The number of hydrogen-bond acceptors (Lipinski definition) is 2. The van der Waals surface area contributed by atoms with Gasteiger partial charge in [-0.2, -0.15) is 0 Å². The van der Waals surface area contributed by atoms with E-state index in [9.17, 15) is 0 Å². The maximum Gasteiger partial charge on any atom is 0.0455 e. The topological polar surface area (TPSA) is 29.3 Å². The molecule has 0 bridgehead atoms. The van der Waals surface area contributed by atoms with E-state index in [4.69, 9.17) is 5.73 Å². The summed E-state index contributed by atoms with van der Waals surface area (Å²) in [5.41, 5.74) is 9.55. The van der Waals surface area contributed by atoms with Gasteiger partial charge in [0, 0.05) is 18.6 Å². The summed E-state index contributed by atoms with van der Waals surface area (Å²) >= 11 is 0. The molecule has 2 aliphatic rings. The minimum atomic E-state index is 0.194. The first-order chi connectivity index (χ1) is 9.79. The van der Waals surface area contributed by atoms with Crippen LogP contribution in [-0.4, -0.2) is 24.0 Å². The average Bonchev–Trinajstić information content (AvgIpc) is 3.27. The van der Waals surface area contributed by atoms with E-state index in [2.05, 4.69) is 36.1 Å². The van der Waals surface area contributed by atoms with Crippen molar-refractivity contribution in [1.29, 1.82) is 0 Å². The normalized spacial score (nSPS) is 26.4. The number of rotatable bonds is 5. The second-order valence-electron chi connectivity index (χ2n) is 6.62. The highest BCUT2D eigenvalue weighted by Crippen LogP contribution is 2.35. The molecule has 2 atom stereocenters. The van der Waals surface area contributed by atoms with Crippen molar-refractivity contribution < 1.29 is 0 Å². The molecule has 0 aromatic heterocycles. The van der Waals surface area contributed by atoms with E-state index in [1.807, 2.05) is 0 Å². The van der Waals surface area contributed by atoms with E-state index < -0.39 is 0 Å². The molecule has 2 N–H and O–H groups in total. The predicted octanol–water partition coefficient (Wildman–Crippen LogP) is 3.51. The Hall–Kier alpha value is -0.860. The van der Waals surface area contributed by atoms with Gasteiger partial charge in [-0.1, -0.05) is 31.2 Å². The van der Waals surface area contributed by atoms with E-state index in [0.717, 1.165) is 5.92 Å². The monoisotopic (exact) mass is 272 g/mol. The van der Waals surface area contributed by atoms with E-state index in [1.165, 1.54) is 62.7 Å². The van der Waals surface area contributed by atoms with Crippen LogP contribution in [0.25, 0.3) is 0 Å². The fraction of sp³-hybridized carbons (Fsp3) is 0.667. The lowest BCUT2D eigenvalue weighted by atomic mass is 9.95. The summed E-state index contributed by atoms with van der Waals surface area (Å²) in [6.45, 7) is 4.77. The molecule has 3 rings (SSSR count). The van der Waals surface area contributed by atoms with Crippen LogP contribution in [0.5, 0.6) is 0 Å². The lowest BCUT2D eigenvalue weighted by molar-refractivity contribution is 0.155. The molecule has 1 saturated carbocycles. The Bertz CT molecular complexity index is 439. The third kappa shape index (κ3) is 3.07. The SMILES string of the molecule is CCCN(CC1CC1)C1CCCc2ccccc2C1N. The number of nitrogens with zero attached hydrogens (tertiary/aromatic N) is 1. The van der Waals surface area contributed by atoms with Crippen molar-refractivity contribution in [3.05, 3.63) is 35.4 Å². The highest BCUT2D eigenvalue weighted by Gasteiger charge is 2.32. The van der Waals surface area contributed by atoms with Crippen LogP contribution in [0, 0.1) is 5.92 Å². The molecule has 0 saturated heterocycles. The Balaban J connectivity index is 1.80. The van der Waals surface area contributed by atoms with Gasteiger partial charge in [-0.15, -0.1) is 0 Å². The second kappa shape index (κ2) is 6.28. The van der Waals surface area contributed by atoms with Crippen LogP contribution in [0.1, 0.15) is 56.2 Å². The van der Waals surface area contributed by atoms with Gasteiger partial charge < -0.3 is 5.73 Å². The van der Waals surface area contributed by atoms with Gasteiger partial charge in [-0.25, -0.2) is 0 Å². The molecule has 0 amide bonds. The Kier molecular flexibility index (Phi) is 4.42. The van der Waals surface area contributed by atoms with Gasteiger partial charge in [0.2, 0.25) is 0 Å². The Morgan fingerprint density at radius 1 is 1.20 bits per heavy atom. The Labute approximate surface area is 123 Å². The molecule has 2 nitrogen and oxygen atoms in total. The lowest BCUT2D eigenvalue weighted by Crippen LogP contribution is -2.44. The number of aryl methyl sites for hydroxylation is 1. The van der Waals surface area contributed by atoms with Crippen LogP contribution in [0.3, 0.4) is 0 Å². The van der Waals surface area contributed by atoms with Crippen molar-refractivity contribution in [1.82, 2.24) is 4.90 Å². The number of nitrogens with two attached hydrogens (primary N) is 1. The maximum atomic E-state index is 6.68. The first-order valence-corrected chi connectivity index (χ1v) is 8.37. The summed E-state index contributed by atoms with van der Waals surface area (Å²) in [6, 6.07) is 9.55. The fourth-order valence-electron chi connectivity index (χ4n) is 3.70. The summed E-state index contributed by atoms with van der Waals surface area (Å²) < 4.78 is 0. The van der Waals surface area contributed by atoms with Gasteiger partial charge in [-0.05, 0) is 62.1 Å². The lowest BCUT2D eigenvalue weighted by Gasteiger charge is -2.35. The minimum absolute atomic E-state index is 0.194. The zero-order chi connectivity index (χ0) is 13.9. The minimum Gasteiger partial charge on any atom is -0.323 e. The van der Waals surface area contributed by atoms with Crippen molar-refractivity contribution in [2.75, 3.05) is 13.1 Å². The molecular formula is C18H28N2. The number of hydrogen-bond donors (Lipinski definition) is 1. The summed E-state index contributed by atoms with van der Waals surface area (Å²) in [4.78, 5) is 2.70. The van der Waals surface area contributed by atoms with Crippen LogP contribution in [0.4, 0.5) is 0 Å². The maximum absolute atomic E-state index is 6.68. The van der Waals surface area contributed by atoms with E-state index in [-0.39, 0.29) is 6.04 Å². The molecule has 0 heterocycles. The van der Waals surface area contributed by atoms with Crippen LogP contribution < -0.4 is 5.73 Å². The first kappa shape index (κ1) is 14.1. The first-order valence-electron chi connectivity index (χ1n) is 8.37. The third-order valence-corrected chi connectivity index (χ3v) is 4.94. The van der Waals surface area contributed by atoms with Crippen molar-refractivity contribution in [3.8, 4) is 0 Å². The summed E-state index contributed by atoms with van der Waals surface area (Å²) in [7, 11) is 0. The molecule has 1 fully saturated rings. The van der Waals surface area contributed by atoms with Crippen molar-refractivity contribution in [2.24, 2.45) is 11.7 Å². The van der Waals surface area contributed by atoms with Gasteiger partial charge in [0.15, 0.2) is 0 Å². The van der Waals surface area contributed by atoms with Crippen molar-refractivity contribution in [2.45, 2.75) is 57.5 Å². The largest absolute Gasteiger partial charge is 0.323 e. The summed E-state index contributed by atoms with van der Waals surface area (Å²) in [6.07, 6.45) is 7.82. The van der Waals surface area contributed by atoms with Gasteiger partial charge in [-0.3, -0.25) is 4.90 Å². The van der Waals surface area contributed by atoms with Gasteiger partial charge in [0.05, 0.1) is 0 Å². The third-order valence-electron chi connectivity index (χ3n) is 4.94. The highest BCUT2D eigenvalue weighted by atomic mass is 15.2. The predicted molar refractivity (Wildman–Crippen MR) is 84.7 cm³/mol. The molecule has 0 radical (unpaired) electrons. The van der Waals surface area contributed by atoms with Crippen LogP contribution in [-0.2, 0) is 6.42 Å². The van der Waals surface area contributed by atoms with E-state index in [0.29, 0.717) is 6.04 Å². The molecular weight excluding hydrogens is 244 g/mol. The number of fused-ring (bicyclic) bond motifs is 1. The smallest absolute Gasteiger partial charge is 0.0455 e. The van der Waals surface area contributed by atoms with Crippen molar-refractivity contribution >= 4 is 0 Å². The van der Waals surface area contributed by atoms with Crippen LogP contribution >= 0.6 is 0 Å².